The molecule has 1 heterocycles. The van der Waals surface area contributed by atoms with Gasteiger partial charge in [0.25, 0.3) is 0 Å². The molecule has 0 bridgehead atoms. The van der Waals surface area contributed by atoms with Gasteiger partial charge in [-0.3, -0.25) is 0 Å². The molecule has 1 aliphatic rings. The van der Waals surface area contributed by atoms with Crippen molar-refractivity contribution in [3.8, 4) is 17.0 Å². The van der Waals surface area contributed by atoms with E-state index in [1.165, 1.54) is 4.68 Å². The van der Waals surface area contributed by atoms with Crippen molar-refractivity contribution in [3.63, 3.8) is 0 Å². The van der Waals surface area contributed by atoms with Crippen molar-refractivity contribution >= 4 is 5.82 Å². The summed E-state index contributed by atoms with van der Waals surface area (Å²) >= 11 is 0. The lowest BCUT2D eigenvalue weighted by atomic mass is 10.1. The Hall–Kier alpha value is -2.17. The number of nitrogens with zero attached hydrogens (tertiary/aromatic N) is 2. The number of hydrogen-bond acceptors (Lipinski definition) is 4. The summed E-state index contributed by atoms with van der Waals surface area (Å²) in [5, 5.41) is 0. The number of anilines is 1. The van der Waals surface area contributed by atoms with E-state index in [-0.39, 0.29) is 0 Å². The average Bonchev–Trinajstić information content (AvgIpc) is 3.26. The van der Waals surface area contributed by atoms with Crippen molar-refractivity contribution in [2.75, 3.05) is 18.2 Å². The Morgan fingerprint density at radius 1 is 1.40 bits per heavy atom. The minimum atomic E-state index is 0.468. The van der Waals surface area contributed by atoms with Crippen LogP contribution in [0.15, 0.2) is 24.3 Å². The van der Waals surface area contributed by atoms with E-state index in [1.54, 1.807) is 0 Å². The zero-order chi connectivity index (χ0) is 14.1. The van der Waals surface area contributed by atoms with E-state index in [0.29, 0.717) is 18.3 Å². The predicted octanol–water partition coefficient (Wildman–Crippen LogP) is 2.51. The summed E-state index contributed by atoms with van der Waals surface area (Å²) in [6.07, 6.45) is 3.27. The van der Waals surface area contributed by atoms with Crippen molar-refractivity contribution in [3.05, 3.63) is 30.1 Å². The van der Waals surface area contributed by atoms with Crippen LogP contribution in [-0.4, -0.2) is 16.3 Å². The van der Waals surface area contributed by atoms with Crippen LogP contribution in [0.3, 0.4) is 0 Å². The molecular weight excluding hydrogens is 252 g/mol. The van der Waals surface area contributed by atoms with Gasteiger partial charge in [0.2, 0.25) is 0 Å². The Kier molecular flexibility index (Phi) is 3.26. The molecule has 1 aromatic heterocycles. The maximum absolute atomic E-state index is 6.09. The van der Waals surface area contributed by atoms with Crippen LogP contribution >= 0.6 is 0 Å². The molecule has 3 rings (SSSR count). The number of hydrogen-bond donors (Lipinski definition) is 2. The highest BCUT2D eigenvalue weighted by Gasteiger charge is 2.30. The Bertz CT molecular complexity index is 616. The van der Waals surface area contributed by atoms with Gasteiger partial charge in [0, 0.05) is 11.5 Å². The number of nitrogens with two attached hydrogens (primary N) is 2. The highest BCUT2D eigenvalue weighted by Crippen LogP contribution is 2.41. The molecule has 1 saturated carbocycles. The lowest BCUT2D eigenvalue weighted by Gasteiger charge is -2.06. The second-order valence-corrected chi connectivity index (χ2v) is 5.22. The Balaban J connectivity index is 1.94. The molecule has 5 heteroatoms. The molecule has 0 radical (unpaired) electrons. The lowest BCUT2D eigenvalue weighted by molar-refractivity contribution is 0.317. The number of imidazole rings is 1. The highest BCUT2D eigenvalue weighted by molar-refractivity contribution is 5.72. The van der Waals surface area contributed by atoms with Crippen LogP contribution in [-0.2, 0) is 0 Å². The topological polar surface area (TPSA) is 79.1 Å². The zero-order valence-corrected chi connectivity index (χ0v) is 11.7. The minimum absolute atomic E-state index is 0.468. The third-order valence-corrected chi connectivity index (χ3v) is 3.50. The number of nitrogen functional groups attached to an aromatic ring is 2. The smallest absolute Gasteiger partial charge is 0.150 e. The molecule has 20 heavy (non-hydrogen) atoms. The van der Waals surface area contributed by atoms with E-state index in [9.17, 15) is 0 Å². The van der Waals surface area contributed by atoms with Gasteiger partial charge < -0.3 is 16.3 Å². The van der Waals surface area contributed by atoms with Gasteiger partial charge in [-0.25, -0.2) is 9.66 Å². The second-order valence-electron chi connectivity index (χ2n) is 5.22. The van der Waals surface area contributed by atoms with Crippen molar-refractivity contribution in [2.24, 2.45) is 0 Å². The van der Waals surface area contributed by atoms with E-state index in [4.69, 9.17) is 16.3 Å². The van der Waals surface area contributed by atoms with Gasteiger partial charge in [-0.05, 0) is 31.4 Å². The van der Waals surface area contributed by atoms with E-state index < -0.39 is 0 Å². The lowest BCUT2D eigenvalue weighted by Crippen LogP contribution is -2.14. The van der Waals surface area contributed by atoms with Gasteiger partial charge >= 0.3 is 0 Å². The van der Waals surface area contributed by atoms with Crippen LogP contribution in [0, 0.1) is 0 Å². The molecule has 2 aromatic rings. The molecule has 0 unspecified atom stereocenters. The third-order valence-electron chi connectivity index (χ3n) is 3.50. The molecule has 0 aliphatic heterocycles. The van der Waals surface area contributed by atoms with Gasteiger partial charge in [-0.1, -0.05) is 19.1 Å². The molecule has 0 spiro atoms. The summed E-state index contributed by atoms with van der Waals surface area (Å²) in [4.78, 5) is 4.62. The van der Waals surface area contributed by atoms with Crippen molar-refractivity contribution in [1.29, 1.82) is 0 Å². The maximum Gasteiger partial charge on any atom is 0.150 e. The quantitative estimate of drug-likeness (QED) is 0.820. The molecule has 1 aliphatic carbocycles. The number of ether oxygens (including phenoxy) is 1. The molecular formula is C15H20N4O. The summed E-state index contributed by atoms with van der Waals surface area (Å²) in [6.45, 7) is 2.79. The Morgan fingerprint density at radius 2 is 2.20 bits per heavy atom. The van der Waals surface area contributed by atoms with Crippen molar-refractivity contribution in [2.45, 2.75) is 32.1 Å². The average molecular weight is 272 g/mol. The van der Waals surface area contributed by atoms with Crippen LogP contribution in [0.25, 0.3) is 11.3 Å². The maximum atomic E-state index is 6.09. The van der Waals surface area contributed by atoms with E-state index >= 15 is 0 Å². The molecule has 0 amide bonds. The van der Waals surface area contributed by atoms with Gasteiger partial charge in [-0.15, -0.1) is 0 Å². The standard InChI is InChI=1S/C15H20N4O/c1-2-8-20-12-5-3-4-11(9-12)13-14(16)19(17)15(18-13)10-6-7-10/h3-5,9-10H,2,6-8,16-17H2,1H3. The molecule has 1 aromatic carbocycles. The van der Waals surface area contributed by atoms with E-state index in [2.05, 4.69) is 11.9 Å². The van der Waals surface area contributed by atoms with Crippen LogP contribution in [0.4, 0.5) is 5.82 Å². The first-order valence-corrected chi connectivity index (χ1v) is 7.07. The Morgan fingerprint density at radius 3 is 2.90 bits per heavy atom. The summed E-state index contributed by atoms with van der Waals surface area (Å²) in [7, 11) is 0. The van der Waals surface area contributed by atoms with Crippen LogP contribution in [0.5, 0.6) is 5.75 Å². The molecule has 0 atom stereocenters. The monoisotopic (exact) mass is 272 g/mol. The van der Waals surface area contributed by atoms with Crippen molar-refractivity contribution in [1.82, 2.24) is 9.66 Å². The molecule has 4 N–H and O–H groups in total. The van der Waals surface area contributed by atoms with Gasteiger partial charge in [0.05, 0.1) is 6.61 Å². The van der Waals surface area contributed by atoms with Gasteiger partial charge in [-0.2, -0.15) is 0 Å². The van der Waals surface area contributed by atoms with Gasteiger partial charge in [0.1, 0.15) is 17.3 Å². The summed E-state index contributed by atoms with van der Waals surface area (Å²) in [5.74, 6) is 8.70. The van der Waals surface area contributed by atoms with Crippen LogP contribution in [0.1, 0.15) is 37.9 Å². The summed E-state index contributed by atoms with van der Waals surface area (Å²) in [6, 6.07) is 7.84. The molecule has 5 nitrogen and oxygen atoms in total. The molecule has 0 saturated heterocycles. The highest BCUT2D eigenvalue weighted by atomic mass is 16.5. The molecule has 106 valence electrons. The zero-order valence-electron chi connectivity index (χ0n) is 11.7. The first-order chi connectivity index (χ1) is 9.70. The fourth-order valence-corrected chi connectivity index (χ4v) is 2.26. The molecule has 1 fully saturated rings. The fourth-order valence-electron chi connectivity index (χ4n) is 2.26. The van der Waals surface area contributed by atoms with E-state index in [1.807, 2.05) is 24.3 Å². The normalized spacial score (nSPS) is 14.4. The second kappa shape index (κ2) is 5.07. The first-order valence-electron chi connectivity index (χ1n) is 7.07. The van der Waals surface area contributed by atoms with Gasteiger partial charge in [0.15, 0.2) is 5.82 Å². The predicted molar refractivity (Wildman–Crippen MR) is 80.0 cm³/mol. The van der Waals surface area contributed by atoms with Crippen LogP contribution < -0.4 is 16.3 Å². The summed E-state index contributed by atoms with van der Waals surface area (Å²) in [5.41, 5.74) is 7.78. The number of aromatic nitrogens is 2. The van der Waals surface area contributed by atoms with Crippen molar-refractivity contribution < 1.29 is 4.74 Å². The first kappa shape index (κ1) is 12.8. The van der Waals surface area contributed by atoms with Crippen LogP contribution in [0.2, 0.25) is 0 Å². The SMILES string of the molecule is CCCOc1cccc(-c2nc(C3CC3)n(N)c2N)c1. The number of rotatable bonds is 5. The minimum Gasteiger partial charge on any atom is -0.494 e. The Labute approximate surface area is 118 Å². The third kappa shape index (κ3) is 2.31. The fraction of sp³-hybridized carbons (Fsp3) is 0.400. The largest absolute Gasteiger partial charge is 0.494 e. The summed E-state index contributed by atoms with van der Waals surface area (Å²) < 4.78 is 7.17. The van der Waals surface area contributed by atoms with E-state index in [0.717, 1.165) is 42.1 Å². The number of benzene rings is 1.